The fourth-order valence-electron chi connectivity index (χ4n) is 2.83. The van der Waals surface area contributed by atoms with E-state index in [2.05, 4.69) is 0 Å². The molecular weight excluding hydrogens is 278 g/mol. The molecule has 0 saturated carbocycles. The molecule has 21 heavy (non-hydrogen) atoms. The summed E-state index contributed by atoms with van der Waals surface area (Å²) in [5.74, 6) is 0. The van der Waals surface area contributed by atoms with Gasteiger partial charge in [0, 0.05) is 26.7 Å². The summed E-state index contributed by atoms with van der Waals surface area (Å²) in [4.78, 5) is 24.2. The van der Waals surface area contributed by atoms with Gasteiger partial charge in [0.1, 0.15) is 18.0 Å². The van der Waals surface area contributed by atoms with E-state index in [0.29, 0.717) is 17.5 Å². The fraction of sp³-hybridized carbons (Fsp3) is 0.538. The number of aliphatic hydroxyl groups is 2. The highest BCUT2D eigenvalue weighted by molar-refractivity contribution is 5.75. The van der Waals surface area contributed by atoms with Crippen LogP contribution >= 0.6 is 0 Å². The van der Waals surface area contributed by atoms with E-state index in [0.717, 1.165) is 4.57 Å². The molecule has 3 atom stereocenters. The number of aliphatic hydroxyl groups excluding tert-OH is 2. The minimum Gasteiger partial charge on any atom is -0.394 e. The van der Waals surface area contributed by atoms with Gasteiger partial charge in [-0.15, -0.1) is 0 Å². The van der Waals surface area contributed by atoms with E-state index in [1.807, 2.05) is 0 Å². The predicted octanol–water partition coefficient (Wildman–Crippen LogP) is -1.32. The Balaban J connectivity index is 2.18. The molecule has 0 radical (unpaired) electrons. The van der Waals surface area contributed by atoms with E-state index >= 15 is 0 Å². The Hall–Kier alpha value is -1.90. The molecule has 114 valence electrons. The summed E-state index contributed by atoms with van der Waals surface area (Å²) >= 11 is 0. The third-order valence-electron chi connectivity index (χ3n) is 4.01. The number of ether oxygens (including phenoxy) is 1. The molecule has 8 nitrogen and oxygen atoms in total. The van der Waals surface area contributed by atoms with Crippen LogP contribution in [-0.4, -0.2) is 42.7 Å². The van der Waals surface area contributed by atoms with E-state index in [9.17, 15) is 14.7 Å². The Kier molecular flexibility index (Phi) is 3.23. The van der Waals surface area contributed by atoms with Crippen LogP contribution in [0.15, 0.2) is 21.9 Å². The SMILES string of the molecule is Cn1c(=O)c2ccn([C@@H]3C[C@H](O)[C@@H](CO)O3)c2n(C)c1=O. The van der Waals surface area contributed by atoms with Gasteiger partial charge in [-0.2, -0.15) is 0 Å². The molecule has 0 spiro atoms. The maximum Gasteiger partial charge on any atom is 0.332 e. The van der Waals surface area contributed by atoms with Crippen molar-refractivity contribution in [3.63, 3.8) is 0 Å². The first-order valence-corrected chi connectivity index (χ1v) is 6.66. The topological polar surface area (TPSA) is 98.6 Å². The molecule has 0 bridgehead atoms. The van der Waals surface area contributed by atoms with Gasteiger partial charge in [0.25, 0.3) is 5.56 Å². The zero-order chi connectivity index (χ0) is 15.3. The number of aryl methyl sites for hydroxylation is 1. The molecule has 2 aromatic heterocycles. The van der Waals surface area contributed by atoms with Gasteiger partial charge in [0.2, 0.25) is 0 Å². The number of nitrogens with zero attached hydrogens (tertiary/aromatic N) is 3. The Morgan fingerprint density at radius 3 is 2.67 bits per heavy atom. The summed E-state index contributed by atoms with van der Waals surface area (Å²) in [7, 11) is 3.01. The molecule has 2 N–H and O–H groups in total. The van der Waals surface area contributed by atoms with Crippen molar-refractivity contribution in [2.75, 3.05) is 6.61 Å². The zero-order valence-corrected chi connectivity index (χ0v) is 11.8. The Morgan fingerprint density at radius 1 is 1.33 bits per heavy atom. The van der Waals surface area contributed by atoms with Crippen molar-refractivity contribution in [1.29, 1.82) is 0 Å². The molecule has 3 heterocycles. The number of hydrogen-bond acceptors (Lipinski definition) is 5. The smallest absolute Gasteiger partial charge is 0.332 e. The van der Waals surface area contributed by atoms with Gasteiger partial charge >= 0.3 is 5.69 Å². The molecule has 1 aliphatic rings. The lowest BCUT2D eigenvalue weighted by Crippen LogP contribution is -2.37. The van der Waals surface area contributed by atoms with Crippen LogP contribution in [0.5, 0.6) is 0 Å². The largest absolute Gasteiger partial charge is 0.394 e. The van der Waals surface area contributed by atoms with Gasteiger partial charge < -0.3 is 19.5 Å². The second-order valence-electron chi connectivity index (χ2n) is 5.28. The lowest BCUT2D eigenvalue weighted by molar-refractivity contribution is -0.0431. The maximum absolute atomic E-state index is 12.1. The first kappa shape index (κ1) is 14.1. The second-order valence-corrected chi connectivity index (χ2v) is 5.28. The monoisotopic (exact) mass is 295 g/mol. The van der Waals surface area contributed by atoms with E-state index < -0.39 is 24.1 Å². The fourth-order valence-corrected chi connectivity index (χ4v) is 2.83. The summed E-state index contributed by atoms with van der Waals surface area (Å²) in [6, 6.07) is 1.62. The molecule has 1 aliphatic heterocycles. The van der Waals surface area contributed by atoms with Gasteiger partial charge in [0.05, 0.1) is 18.1 Å². The van der Waals surface area contributed by atoms with E-state index in [1.165, 1.54) is 11.6 Å². The van der Waals surface area contributed by atoms with E-state index in [-0.39, 0.29) is 12.2 Å². The first-order chi connectivity index (χ1) is 9.95. The summed E-state index contributed by atoms with van der Waals surface area (Å²) < 4.78 is 9.65. The lowest BCUT2D eigenvalue weighted by atomic mass is 10.2. The highest BCUT2D eigenvalue weighted by atomic mass is 16.5. The second kappa shape index (κ2) is 4.83. The maximum atomic E-state index is 12.1. The highest BCUT2D eigenvalue weighted by Crippen LogP contribution is 2.30. The molecule has 3 rings (SSSR count). The van der Waals surface area contributed by atoms with Gasteiger partial charge in [-0.3, -0.25) is 13.9 Å². The summed E-state index contributed by atoms with van der Waals surface area (Å²) in [5.41, 5.74) is -0.354. The number of rotatable bonds is 2. The summed E-state index contributed by atoms with van der Waals surface area (Å²) in [5, 5.41) is 19.4. The van der Waals surface area contributed by atoms with Crippen molar-refractivity contribution in [3.8, 4) is 0 Å². The molecule has 0 unspecified atom stereocenters. The van der Waals surface area contributed by atoms with Gasteiger partial charge in [-0.25, -0.2) is 4.79 Å². The predicted molar refractivity (Wildman–Crippen MR) is 74.0 cm³/mol. The van der Waals surface area contributed by atoms with Gasteiger partial charge in [0.15, 0.2) is 0 Å². The van der Waals surface area contributed by atoms with Crippen LogP contribution in [0.4, 0.5) is 0 Å². The van der Waals surface area contributed by atoms with Crippen molar-refractivity contribution in [2.45, 2.75) is 24.9 Å². The third kappa shape index (κ3) is 1.95. The summed E-state index contributed by atoms with van der Waals surface area (Å²) in [6.07, 6.45) is -0.00877. The van der Waals surface area contributed by atoms with E-state index in [1.54, 1.807) is 23.9 Å². The molecule has 0 amide bonds. The molecule has 2 aromatic rings. The van der Waals surface area contributed by atoms with Crippen molar-refractivity contribution in [3.05, 3.63) is 33.1 Å². The first-order valence-electron chi connectivity index (χ1n) is 6.66. The Bertz CT molecular complexity index is 802. The molecule has 1 fully saturated rings. The van der Waals surface area contributed by atoms with Crippen LogP contribution in [0, 0.1) is 0 Å². The number of hydrogen-bond donors (Lipinski definition) is 2. The van der Waals surface area contributed by atoms with Crippen molar-refractivity contribution >= 4 is 11.0 Å². The minimum atomic E-state index is -0.777. The van der Waals surface area contributed by atoms with Crippen LogP contribution in [0.25, 0.3) is 11.0 Å². The zero-order valence-electron chi connectivity index (χ0n) is 11.8. The van der Waals surface area contributed by atoms with Crippen LogP contribution in [0.3, 0.4) is 0 Å². The Morgan fingerprint density at radius 2 is 2.05 bits per heavy atom. The Labute approximate surface area is 119 Å². The quantitative estimate of drug-likeness (QED) is 0.716. The van der Waals surface area contributed by atoms with Crippen LogP contribution in [0.2, 0.25) is 0 Å². The normalized spacial score (nSPS) is 25.8. The van der Waals surface area contributed by atoms with Crippen LogP contribution < -0.4 is 11.2 Å². The lowest BCUT2D eigenvalue weighted by Gasteiger charge is -2.16. The molecular formula is C13H17N3O5. The van der Waals surface area contributed by atoms with Crippen LogP contribution in [-0.2, 0) is 18.8 Å². The van der Waals surface area contributed by atoms with E-state index in [4.69, 9.17) is 9.84 Å². The standard InChI is InChI=1S/C13H17N3O5/c1-14-11-7(12(19)15(2)13(14)20)3-4-16(11)10-5-8(18)9(6-17)21-10/h3-4,8-10,17-18H,5-6H2,1-2H3/t8-,9+,10-/m0/s1. The van der Waals surface area contributed by atoms with Crippen LogP contribution in [0.1, 0.15) is 12.6 Å². The average molecular weight is 295 g/mol. The van der Waals surface area contributed by atoms with Gasteiger partial charge in [-0.1, -0.05) is 0 Å². The number of aromatic nitrogens is 3. The van der Waals surface area contributed by atoms with Crippen molar-refractivity contribution in [2.24, 2.45) is 14.1 Å². The van der Waals surface area contributed by atoms with Crippen molar-refractivity contribution in [1.82, 2.24) is 13.7 Å². The highest BCUT2D eigenvalue weighted by Gasteiger charge is 2.35. The minimum absolute atomic E-state index is 0.280. The molecule has 1 saturated heterocycles. The average Bonchev–Trinajstić information content (AvgIpc) is 3.06. The third-order valence-corrected chi connectivity index (χ3v) is 4.01. The summed E-state index contributed by atoms with van der Waals surface area (Å²) in [6.45, 7) is -0.280. The molecule has 8 heteroatoms. The van der Waals surface area contributed by atoms with Crippen molar-refractivity contribution < 1.29 is 14.9 Å². The van der Waals surface area contributed by atoms with Gasteiger partial charge in [-0.05, 0) is 6.07 Å². The number of fused-ring (bicyclic) bond motifs is 1. The molecule has 0 aromatic carbocycles. The molecule has 0 aliphatic carbocycles.